The molecule has 1 saturated heterocycles. The maximum atomic E-state index is 11.0. The van der Waals surface area contributed by atoms with E-state index in [2.05, 4.69) is 15.5 Å². The highest BCUT2D eigenvalue weighted by atomic mass is 32.2. The van der Waals surface area contributed by atoms with Crippen molar-refractivity contribution in [3.63, 3.8) is 0 Å². The van der Waals surface area contributed by atoms with Crippen molar-refractivity contribution in [2.45, 2.75) is 24.5 Å². The van der Waals surface area contributed by atoms with Crippen LogP contribution < -0.4 is 5.32 Å². The Kier molecular flexibility index (Phi) is 3.25. The number of sulfone groups is 1. The molecule has 1 aromatic rings. The number of hydrogen-bond acceptors (Lipinski definition) is 6. The SMILES string of the molecule is CS(=O)(=O)Cc1nc(C2CCCNC2)no1. The van der Waals surface area contributed by atoms with E-state index in [0.29, 0.717) is 5.82 Å². The maximum absolute atomic E-state index is 11.0. The second-order valence-corrected chi connectivity index (χ2v) is 6.30. The summed E-state index contributed by atoms with van der Waals surface area (Å²) in [7, 11) is -3.11. The van der Waals surface area contributed by atoms with Crippen LogP contribution in [0.1, 0.15) is 30.5 Å². The Bertz CT molecular complexity index is 448. The highest BCUT2D eigenvalue weighted by Crippen LogP contribution is 2.20. The van der Waals surface area contributed by atoms with Gasteiger partial charge in [0, 0.05) is 18.7 Å². The van der Waals surface area contributed by atoms with Crippen LogP contribution in [0.25, 0.3) is 0 Å². The van der Waals surface area contributed by atoms with E-state index in [1.54, 1.807) is 0 Å². The minimum absolute atomic E-state index is 0.180. The normalized spacial score (nSPS) is 22.2. The molecule has 2 rings (SSSR count). The van der Waals surface area contributed by atoms with Crippen molar-refractivity contribution in [1.82, 2.24) is 15.5 Å². The zero-order valence-corrected chi connectivity index (χ0v) is 9.96. The molecule has 0 radical (unpaired) electrons. The highest BCUT2D eigenvalue weighted by Gasteiger charge is 2.21. The molecule has 16 heavy (non-hydrogen) atoms. The average Bonchev–Trinajstić information content (AvgIpc) is 2.65. The van der Waals surface area contributed by atoms with Crippen LogP contribution in [-0.2, 0) is 15.6 Å². The molecule has 1 N–H and O–H groups in total. The van der Waals surface area contributed by atoms with Crippen molar-refractivity contribution < 1.29 is 12.9 Å². The Hall–Kier alpha value is -0.950. The first-order chi connectivity index (χ1) is 7.54. The first-order valence-corrected chi connectivity index (χ1v) is 7.31. The van der Waals surface area contributed by atoms with E-state index in [9.17, 15) is 8.42 Å². The number of hydrogen-bond donors (Lipinski definition) is 1. The van der Waals surface area contributed by atoms with Gasteiger partial charge < -0.3 is 9.84 Å². The summed E-state index contributed by atoms with van der Waals surface area (Å²) in [5.41, 5.74) is 0. The van der Waals surface area contributed by atoms with Gasteiger partial charge in [-0.15, -0.1) is 0 Å². The largest absolute Gasteiger partial charge is 0.338 e. The number of aromatic nitrogens is 2. The van der Waals surface area contributed by atoms with Crippen LogP contribution >= 0.6 is 0 Å². The number of nitrogens with one attached hydrogen (secondary N) is 1. The lowest BCUT2D eigenvalue weighted by molar-refractivity contribution is 0.368. The minimum atomic E-state index is -3.11. The van der Waals surface area contributed by atoms with Crippen LogP contribution in [0.15, 0.2) is 4.52 Å². The predicted molar refractivity (Wildman–Crippen MR) is 57.7 cm³/mol. The molecule has 0 amide bonds. The lowest BCUT2D eigenvalue weighted by Crippen LogP contribution is -2.28. The van der Waals surface area contributed by atoms with Gasteiger partial charge in [-0.1, -0.05) is 5.16 Å². The van der Waals surface area contributed by atoms with Crippen LogP contribution in [0.4, 0.5) is 0 Å². The summed E-state index contributed by atoms with van der Waals surface area (Å²) in [5, 5.41) is 7.08. The first-order valence-electron chi connectivity index (χ1n) is 5.25. The van der Waals surface area contributed by atoms with Crippen molar-refractivity contribution in [3.8, 4) is 0 Å². The van der Waals surface area contributed by atoms with Gasteiger partial charge in [0.25, 0.3) is 0 Å². The molecular formula is C9H15N3O3S. The Balaban J connectivity index is 2.06. The fraction of sp³-hybridized carbons (Fsp3) is 0.778. The van der Waals surface area contributed by atoms with Gasteiger partial charge in [-0.3, -0.25) is 0 Å². The Labute approximate surface area is 94.3 Å². The smallest absolute Gasteiger partial charge is 0.241 e. The first kappa shape index (κ1) is 11.5. The van der Waals surface area contributed by atoms with Crippen LogP contribution in [0.5, 0.6) is 0 Å². The number of piperidine rings is 1. The van der Waals surface area contributed by atoms with Crippen molar-refractivity contribution in [1.29, 1.82) is 0 Å². The molecule has 2 heterocycles. The van der Waals surface area contributed by atoms with E-state index in [4.69, 9.17) is 4.52 Å². The summed E-state index contributed by atoms with van der Waals surface area (Å²) < 4.78 is 27.0. The topological polar surface area (TPSA) is 85.1 Å². The molecule has 1 fully saturated rings. The fourth-order valence-electron chi connectivity index (χ4n) is 1.79. The van der Waals surface area contributed by atoms with Gasteiger partial charge in [-0.2, -0.15) is 4.98 Å². The molecule has 1 atom stereocenters. The summed E-state index contributed by atoms with van der Waals surface area (Å²) in [6.45, 7) is 1.85. The molecule has 7 heteroatoms. The van der Waals surface area contributed by atoms with E-state index in [1.165, 1.54) is 0 Å². The second kappa shape index (κ2) is 4.50. The van der Waals surface area contributed by atoms with E-state index in [1.807, 2.05) is 0 Å². The summed E-state index contributed by atoms with van der Waals surface area (Å²) in [6.07, 6.45) is 3.25. The molecule has 1 unspecified atom stereocenters. The number of rotatable bonds is 3. The monoisotopic (exact) mass is 245 g/mol. The van der Waals surface area contributed by atoms with Crippen LogP contribution in [0, 0.1) is 0 Å². The highest BCUT2D eigenvalue weighted by molar-refractivity contribution is 7.89. The molecule has 1 aliphatic heterocycles. The molecule has 90 valence electrons. The predicted octanol–water partition coefficient (Wildman–Crippen LogP) is 0.0812. The summed E-state index contributed by atoms with van der Waals surface area (Å²) in [6, 6.07) is 0. The van der Waals surface area contributed by atoms with Crippen molar-refractivity contribution in [2.24, 2.45) is 0 Å². The standard InChI is InChI=1S/C9H15N3O3S/c1-16(13,14)6-8-11-9(12-15-8)7-3-2-4-10-5-7/h7,10H,2-6H2,1H3. The third-order valence-corrected chi connectivity index (χ3v) is 3.30. The Morgan fingerprint density at radius 1 is 1.56 bits per heavy atom. The second-order valence-electron chi connectivity index (χ2n) is 4.16. The summed E-state index contributed by atoms with van der Waals surface area (Å²) in [5.74, 6) is 0.861. The van der Waals surface area contributed by atoms with Gasteiger partial charge in [-0.05, 0) is 19.4 Å². The van der Waals surface area contributed by atoms with Crippen LogP contribution in [0.2, 0.25) is 0 Å². The van der Waals surface area contributed by atoms with Crippen LogP contribution in [0.3, 0.4) is 0 Å². The van der Waals surface area contributed by atoms with Crippen molar-refractivity contribution >= 4 is 9.84 Å². The summed E-state index contributed by atoms with van der Waals surface area (Å²) in [4.78, 5) is 4.12. The van der Waals surface area contributed by atoms with Gasteiger partial charge in [-0.25, -0.2) is 8.42 Å². The molecule has 6 nitrogen and oxygen atoms in total. The zero-order chi connectivity index (χ0) is 11.6. The van der Waals surface area contributed by atoms with Gasteiger partial charge in [0.2, 0.25) is 5.89 Å². The molecule has 0 spiro atoms. The van der Waals surface area contributed by atoms with Gasteiger partial charge in [0.05, 0.1) is 0 Å². The minimum Gasteiger partial charge on any atom is -0.338 e. The van der Waals surface area contributed by atoms with E-state index in [0.717, 1.165) is 32.2 Å². The molecule has 0 aliphatic carbocycles. The molecule has 0 saturated carbocycles. The summed E-state index contributed by atoms with van der Waals surface area (Å²) >= 11 is 0. The van der Waals surface area contributed by atoms with E-state index < -0.39 is 9.84 Å². The quantitative estimate of drug-likeness (QED) is 0.811. The van der Waals surface area contributed by atoms with E-state index in [-0.39, 0.29) is 17.6 Å². The van der Waals surface area contributed by atoms with Crippen molar-refractivity contribution in [2.75, 3.05) is 19.3 Å². The van der Waals surface area contributed by atoms with Gasteiger partial charge >= 0.3 is 0 Å². The third kappa shape index (κ3) is 3.02. The lowest BCUT2D eigenvalue weighted by Gasteiger charge is -2.19. The average molecular weight is 245 g/mol. The van der Waals surface area contributed by atoms with Crippen LogP contribution in [-0.4, -0.2) is 37.9 Å². The molecular weight excluding hydrogens is 230 g/mol. The molecule has 1 aromatic heterocycles. The van der Waals surface area contributed by atoms with Gasteiger partial charge in [0.15, 0.2) is 15.7 Å². The van der Waals surface area contributed by atoms with Crippen molar-refractivity contribution in [3.05, 3.63) is 11.7 Å². The fourth-order valence-corrected chi connectivity index (χ4v) is 2.35. The van der Waals surface area contributed by atoms with E-state index >= 15 is 0 Å². The third-order valence-electron chi connectivity index (χ3n) is 2.53. The lowest BCUT2D eigenvalue weighted by atomic mass is 9.99. The number of nitrogens with zero attached hydrogens (tertiary/aromatic N) is 2. The maximum Gasteiger partial charge on any atom is 0.241 e. The molecule has 0 bridgehead atoms. The zero-order valence-electron chi connectivity index (χ0n) is 9.14. The Morgan fingerprint density at radius 3 is 3.00 bits per heavy atom. The Morgan fingerprint density at radius 2 is 2.38 bits per heavy atom. The van der Waals surface area contributed by atoms with Gasteiger partial charge in [0.1, 0.15) is 5.75 Å². The molecule has 1 aliphatic rings. The molecule has 0 aromatic carbocycles.